The van der Waals surface area contributed by atoms with Crippen molar-refractivity contribution in [1.82, 2.24) is 9.97 Å². The normalized spacial score (nSPS) is 10.9. The van der Waals surface area contributed by atoms with Gasteiger partial charge in [-0.25, -0.2) is 9.37 Å². The quantitative estimate of drug-likeness (QED) is 0.459. The van der Waals surface area contributed by atoms with Gasteiger partial charge in [-0.3, -0.25) is 4.79 Å². The number of fused-ring (bicyclic) bond motifs is 1. The van der Waals surface area contributed by atoms with E-state index in [9.17, 15) is 9.18 Å². The number of halogens is 1. The van der Waals surface area contributed by atoms with Crippen LogP contribution in [0.2, 0.25) is 0 Å². The minimum atomic E-state index is -0.592. The van der Waals surface area contributed by atoms with Gasteiger partial charge in [0.15, 0.2) is 11.5 Å². The van der Waals surface area contributed by atoms with E-state index in [4.69, 9.17) is 15.2 Å². The fraction of sp³-hybridized carbons (Fsp3) is 0.167. The maximum absolute atomic E-state index is 14.2. The van der Waals surface area contributed by atoms with Gasteiger partial charge in [0, 0.05) is 11.1 Å². The highest BCUT2D eigenvalue weighted by Crippen LogP contribution is 2.30. The molecular weight excluding hydrogens is 397 g/mol. The molecule has 0 spiro atoms. The number of nitrogens with zero attached hydrogens (tertiary/aromatic N) is 1. The van der Waals surface area contributed by atoms with Gasteiger partial charge in [-0.1, -0.05) is 18.2 Å². The summed E-state index contributed by atoms with van der Waals surface area (Å²) in [4.78, 5) is 19.3. The highest BCUT2D eigenvalue weighted by Gasteiger charge is 2.13. The van der Waals surface area contributed by atoms with Crippen molar-refractivity contribution in [2.75, 3.05) is 0 Å². The summed E-state index contributed by atoms with van der Waals surface area (Å²) < 4.78 is 25.8. The average Bonchev–Trinajstić information content (AvgIpc) is 3.13. The van der Waals surface area contributed by atoms with E-state index < -0.39 is 5.91 Å². The van der Waals surface area contributed by atoms with E-state index in [1.807, 2.05) is 38.1 Å². The largest absolute Gasteiger partial charge is 0.485 e. The molecule has 1 aromatic heterocycles. The third-order valence-electron chi connectivity index (χ3n) is 4.87. The standard InChI is InChI=1S/C24H22FN3O3/c1-14-3-5-17(18(25)9-14)12-30-22-11-16(24(26)29)6-8-21(22)31-13-23-27-19-7-4-15(2)10-20(19)28-23/h3-11H,12-13H2,1-2H3,(H2,26,29)(H,27,28). The molecule has 4 rings (SSSR count). The summed E-state index contributed by atoms with van der Waals surface area (Å²) in [6, 6.07) is 15.5. The van der Waals surface area contributed by atoms with Gasteiger partial charge in [0.2, 0.25) is 5.91 Å². The molecule has 1 amide bonds. The molecule has 6 nitrogen and oxygen atoms in total. The van der Waals surface area contributed by atoms with Crippen molar-refractivity contribution in [3.8, 4) is 11.5 Å². The Balaban J connectivity index is 1.54. The van der Waals surface area contributed by atoms with Crippen LogP contribution < -0.4 is 15.2 Å². The Morgan fingerprint density at radius 3 is 2.48 bits per heavy atom. The number of H-pyrrole nitrogens is 1. The van der Waals surface area contributed by atoms with Crippen molar-refractivity contribution >= 4 is 16.9 Å². The molecule has 3 N–H and O–H groups in total. The highest BCUT2D eigenvalue weighted by atomic mass is 19.1. The number of hydrogen-bond acceptors (Lipinski definition) is 4. The Labute approximate surface area is 178 Å². The molecule has 0 atom stereocenters. The van der Waals surface area contributed by atoms with Crippen LogP contribution in [0, 0.1) is 19.7 Å². The first-order valence-electron chi connectivity index (χ1n) is 9.79. The van der Waals surface area contributed by atoms with E-state index in [0.29, 0.717) is 22.9 Å². The molecule has 7 heteroatoms. The molecule has 4 aromatic rings. The van der Waals surface area contributed by atoms with Crippen LogP contribution in [0.25, 0.3) is 11.0 Å². The summed E-state index contributed by atoms with van der Waals surface area (Å²) in [5, 5.41) is 0. The topological polar surface area (TPSA) is 90.2 Å². The molecule has 0 fully saturated rings. The van der Waals surface area contributed by atoms with Gasteiger partial charge >= 0.3 is 0 Å². The van der Waals surface area contributed by atoms with Crippen LogP contribution in [0.15, 0.2) is 54.6 Å². The van der Waals surface area contributed by atoms with Crippen molar-refractivity contribution in [2.24, 2.45) is 5.73 Å². The van der Waals surface area contributed by atoms with Gasteiger partial charge in [0.05, 0.1) is 11.0 Å². The predicted octanol–water partition coefficient (Wildman–Crippen LogP) is 4.58. The number of hydrogen-bond donors (Lipinski definition) is 2. The minimum absolute atomic E-state index is 0.0192. The zero-order valence-corrected chi connectivity index (χ0v) is 17.2. The molecule has 0 aliphatic rings. The van der Waals surface area contributed by atoms with Crippen molar-refractivity contribution < 1.29 is 18.7 Å². The number of benzene rings is 3. The molecule has 0 unspecified atom stereocenters. The molecule has 0 bridgehead atoms. The van der Waals surface area contributed by atoms with Gasteiger partial charge in [0.25, 0.3) is 0 Å². The number of imidazole rings is 1. The lowest BCUT2D eigenvalue weighted by atomic mass is 10.1. The fourth-order valence-electron chi connectivity index (χ4n) is 3.21. The van der Waals surface area contributed by atoms with Crippen LogP contribution in [0.1, 0.15) is 32.9 Å². The van der Waals surface area contributed by atoms with Gasteiger partial charge in [0.1, 0.15) is 24.9 Å². The average molecular weight is 419 g/mol. The predicted molar refractivity (Wildman–Crippen MR) is 116 cm³/mol. The number of aromatic nitrogens is 2. The molecule has 31 heavy (non-hydrogen) atoms. The molecular formula is C24H22FN3O3. The van der Waals surface area contributed by atoms with Crippen LogP contribution >= 0.6 is 0 Å². The maximum Gasteiger partial charge on any atom is 0.248 e. The van der Waals surface area contributed by atoms with Crippen molar-refractivity contribution in [3.05, 3.63) is 88.5 Å². The number of rotatable bonds is 7. The molecule has 0 saturated heterocycles. The number of aryl methyl sites for hydroxylation is 2. The van der Waals surface area contributed by atoms with Crippen LogP contribution in [0.3, 0.4) is 0 Å². The fourth-order valence-corrected chi connectivity index (χ4v) is 3.21. The zero-order chi connectivity index (χ0) is 22.0. The third kappa shape index (κ3) is 4.66. The van der Waals surface area contributed by atoms with E-state index in [-0.39, 0.29) is 24.6 Å². The van der Waals surface area contributed by atoms with E-state index in [2.05, 4.69) is 9.97 Å². The van der Waals surface area contributed by atoms with E-state index in [1.54, 1.807) is 18.2 Å². The molecule has 0 saturated carbocycles. The van der Waals surface area contributed by atoms with Crippen molar-refractivity contribution in [3.63, 3.8) is 0 Å². The van der Waals surface area contributed by atoms with Crippen LogP contribution in [-0.4, -0.2) is 15.9 Å². The third-order valence-corrected chi connectivity index (χ3v) is 4.87. The van der Waals surface area contributed by atoms with Crippen LogP contribution in [0.5, 0.6) is 11.5 Å². The number of nitrogens with two attached hydrogens (primary N) is 1. The van der Waals surface area contributed by atoms with E-state index >= 15 is 0 Å². The number of amides is 1. The number of nitrogens with one attached hydrogen (secondary N) is 1. The van der Waals surface area contributed by atoms with Gasteiger partial charge < -0.3 is 20.2 Å². The first-order chi connectivity index (χ1) is 14.9. The molecule has 0 radical (unpaired) electrons. The highest BCUT2D eigenvalue weighted by molar-refractivity contribution is 5.93. The SMILES string of the molecule is Cc1ccc(COc2cc(C(N)=O)ccc2OCc2nc3ccc(C)cc3[nH]2)c(F)c1. The zero-order valence-electron chi connectivity index (χ0n) is 17.2. The maximum atomic E-state index is 14.2. The molecule has 0 aliphatic carbocycles. The summed E-state index contributed by atoms with van der Waals surface area (Å²) >= 11 is 0. The second-order valence-corrected chi connectivity index (χ2v) is 7.40. The van der Waals surface area contributed by atoms with Crippen LogP contribution in [-0.2, 0) is 13.2 Å². The Bertz CT molecular complexity index is 1270. The monoisotopic (exact) mass is 419 g/mol. The molecule has 1 heterocycles. The van der Waals surface area contributed by atoms with E-state index in [0.717, 1.165) is 22.2 Å². The first kappa shape index (κ1) is 20.4. The lowest BCUT2D eigenvalue weighted by Gasteiger charge is -2.14. The number of carbonyl (C=O) groups is 1. The summed E-state index contributed by atoms with van der Waals surface area (Å²) in [6.07, 6.45) is 0. The number of primary amides is 1. The molecule has 0 aliphatic heterocycles. The summed E-state index contributed by atoms with van der Waals surface area (Å²) in [5.74, 6) is 0.393. The first-order valence-corrected chi connectivity index (χ1v) is 9.79. The molecule has 158 valence electrons. The van der Waals surface area contributed by atoms with Gasteiger partial charge in [-0.05, 0) is 61.4 Å². The second kappa shape index (κ2) is 8.47. The second-order valence-electron chi connectivity index (χ2n) is 7.40. The summed E-state index contributed by atoms with van der Waals surface area (Å²) in [7, 11) is 0. The Hall–Kier alpha value is -3.87. The van der Waals surface area contributed by atoms with Gasteiger partial charge in [-0.2, -0.15) is 0 Å². The lowest BCUT2D eigenvalue weighted by Crippen LogP contribution is -2.11. The lowest BCUT2D eigenvalue weighted by molar-refractivity contribution is 0.0999. The minimum Gasteiger partial charge on any atom is -0.485 e. The Morgan fingerprint density at radius 2 is 1.71 bits per heavy atom. The van der Waals surface area contributed by atoms with Crippen molar-refractivity contribution in [2.45, 2.75) is 27.1 Å². The van der Waals surface area contributed by atoms with Crippen LogP contribution in [0.4, 0.5) is 4.39 Å². The number of aromatic amines is 1. The smallest absolute Gasteiger partial charge is 0.248 e. The van der Waals surface area contributed by atoms with Gasteiger partial charge in [-0.15, -0.1) is 0 Å². The number of ether oxygens (including phenoxy) is 2. The summed E-state index contributed by atoms with van der Waals surface area (Å²) in [5.41, 5.74) is 9.78. The van der Waals surface area contributed by atoms with Crippen molar-refractivity contribution in [1.29, 1.82) is 0 Å². The number of carbonyl (C=O) groups excluding carboxylic acids is 1. The van der Waals surface area contributed by atoms with E-state index in [1.165, 1.54) is 12.1 Å². The summed E-state index contributed by atoms with van der Waals surface area (Å²) in [6.45, 7) is 3.97. The Kier molecular flexibility index (Phi) is 5.58. The Morgan fingerprint density at radius 1 is 0.968 bits per heavy atom. The molecule has 3 aromatic carbocycles.